The molecule has 0 saturated heterocycles. The van der Waals surface area contributed by atoms with Gasteiger partial charge in [0.05, 0.1) is 19.8 Å². The molecule has 0 spiro atoms. The Kier molecular flexibility index (Phi) is 6.19. The number of amides is 1. The lowest BCUT2D eigenvalue weighted by molar-refractivity contribution is -0.115. The fourth-order valence-corrected chi connectivity index (χ4v) is 3.84. The van der Waals surface area contributed by atoms with Gasteiger partial charge >= 0.3 is 0 Å². The molecule has 5 heteroatoms. The third kappa shape index (κ3) is 4.57. The summed E-state index contributed by atoms with van der Waals surface area (Å²) < 4.78 is 11.6. The van der Waals surface area contributed by atoms with Gasteiger partial charge in [0, 0.05) is 23.5 Å². The molecule has 1 heterocycles. The van der Waals surface area contributed by atoms with Crippen molar-refractivity contribution in [2.24, 2.45) is 5.92 Å². The minimum absolute atomic E-state index is 0.0282. The molecule has 0 saturated carbocycles. The first kappa shape index (κ1) is 20.2. The molecule has 0 bridgehead atoms. The number of nitrogens with one attached hydrogen (secondary N) is 2. The standard InChI is InChI=1S/C25H28N2O3/c1-17(2)25(19-11-12-22-23(15-19)30-14-6-13-29-22)26-16-24(28)27-21-10-5-8-18-7-3-4-9-20(18)21/h3-5,7-12,15,17,25-26H,6,13-14,16H2,1-2H3,(H,27,28)/t25-/m1/s1. The second-order valence-corrected chi connectivity index (χ2v) is 7.93. The van der Waals surface area contributed by atoms with Crippen molar-refractivity contribution in [2.45, 2.75) is 26.3 Å². The van der Waals surface area contributed by atoms with Crippen LogP contribution in [0.2, 0.25) is 0 Å². The highest BCUT2D eigenvalue weighted by atomic mass is 16.5. The first-order chi connectivity index (χ1) is 14.6. The van der Waals surface area contributed by atoms with Crippen molar-refractivity contribution in [3.63, 3.8) is 0 Å². The van der Waals surface area contributed by atoms with Crippen LogP contribution in [0.15, 0.2) is 60.7 Å². The van der Waals surface area contributed by atoms with E-state index < -0.39 is 0 Å². The molecule has 0 fully saturated rings. The Labute approximate surface area is 177 Å². The van der Waals surface area contributed by atoms with Gasteiger partial charge in [-0.1, -0.05) is 56.3 Å². The lowest BCUT2D eigenvalue weighted by atomic mass is 9.95. The molecule has 5 nitrogen and oxygen atoms in total. The van der Waals surface area contributed by atoms with Gasteiger partial charge in [0.1, 0.15) is 0 Å². The smallest absolute Gasteiger partial charge is 0.238 e. The van der Waals surface area contributed by atoms with Crippen LogP contribution in [0.4, 0.5) is 5.69 Å². The average Bonchev–Trinajstić information content (AvgIpc) is 2.99. The van der Waals surface area contributed by atoms with Crippen LogP contribution in [0.25, 0.3) is 10.8 Å². The van der Waals surface area contributed by atoms with E-state index in [4.69, 9.17) is 9.47 Å². The number of benzene rings is 3. The summed E-state index contributed by atoms with van der Waals surface area (Å²) in [5.41, 5.74) is 1.92. The van der Waals surface area contributed by atoms with E-state index in [2.05, 4.69) is 24.5 Å². The van der Waals surface area contributed by atoms with Crippen LogP contribution in [0.1, 0.15) is 31.9 Å². The summed E-state index contributed by atoms with van der Waals surface area (Å²) in [5, 5.41) is 8.61. The fraction of sp³-hybridized carbons (Fsp3) is 0.320. The Morgan fingerprint density at radius 2 is 1.73 bits per heavy atom. The molecule has 1 aliphatic rings. The van der Waals surface area contributed by atoms with Crippen LogP contribution in [-0.2, 0) is 4.79 Å². The van der Waals surface area contributed by atoms with Gasteiger partial charge in [-0.2, -0.15) is 0 Å². The third-order valence-corrected chi connectivity index (χ3v) is 5.34. The monoisotopic (exact) mass is 404 g/mol. The van der Waals surface area contributed by atoms with E-state index in [1.165, 1.54) is 0 Å². The van der Waals surface area contributed by atoms with Crippen LogP contribution in [0.3, 0.4) is 0 Å². The maximum absolute atomic E-state index is 12.7. The second-order valence-electron chi connectivity index (χ2n) is 7.93. The number of hydrogen-bond donors (Lipinski definition) is 2. The fourth-order valence-electron chi connectivity index (χ4n) is 3.84. The van der Waals surface area contributed by atoms with E-state index >= 15 is 0 Å². The van der Waals surface area contributed by atoms with Gasteiger partial charge < -0.3 is 20.1 Å². The van der Waals surface area contributed by atoms with Crippen molar-refractivity contribution in [1.29, 1.82) is 0 Å². The summed E-state index contributed by atoms with van der Waals surface area (Å²) in [4.78, 5) is 12.7. The zero-order valence-corrected chi connectivity index (χ0v) is 17.5. The first-order valence-corrected chi connectivity index (χ1v) is 10.5. The minimum Gasteiger partial charge on any atom is -0.490 e. The van der Waals surface area contributed by atoms with E-state index in [0.29, 0.717) is 19.1 Å². The van der Waals surface area contributed by atoms with Crippen LogP contribution >= 0.6 is 0 Å². The average molecular weight is 405 g/mol. The highest BCUT2D eigenvalue weighted by Gasteiger charge is 2.20. The third-order valence-electron chi connectivity index (χ3n) is 5.34. The minimum atomic E-state index is -0.0636. The molecular weight excluding hydrogens is 376 g/mol. The zero-order valence-electron chi connectivity index (χ0n) is 17.5. The molecule has 0 aliphatic carbocycles. The molecule has 3 aromatic rings. The molecule has 156 valence electrons. The van der Waals surface area contributed by atoms with E-state index in [1.54, 1.807) is 0 Å². The van der Waals surface area contributed by atoms with Crippen molar-refractivity contribution in [2.75, 3.05) is 25.1 Å². The maximum Gasteiger partial charge on any atom is 0.238 e. The number of carbonyl (C=O) groups excluding carboxylic acids is 1. The largest absolute Gasteiger partial charge is 0.490 e. The Hall–Kier alpha value is -3.05. The normalized spacial score (nSPS) is 14.4. The zero-order chi connectivity index (χ0) is 20.9. The molecule has 0 unspecified atom stereocenters. The lowest BCUT2D eigenvalue weighted by Gasteiger charge is -2.24. The van der Waals surface area contributed by atoms with Gasteiger partial charge in [-0.25, -0.2) is 0 Å². The van der Waals surface area contributed by atoms with Crippen LogP contribution < -0.4 is 20.1 Å². The van der Waals surface area contributed by atoms with Crippen molar-refractivity contribution in [3.8, 4) is 11.5 Å². The van der Waals surface area contributed by atoms with Gasteiger partial charge in [-0.3, -0.25) is 4.79 Å². The summed E-state index contributed by atoms with van der Waals surface area (Å²) in [5.74, 6) is 1.80. The molecule has 1 aliphatic heterocycles. The van der Waals surface area contributed by atoms with E-state index in [-0.39, 0.29) is 18.5 Å². The lowest BCUT2D eigenvalue weighted by Crippen LogP contribution is -2.33. The summed E-state index contributed by atoms with van der Waals surface area (Å²) in [6.07, 6.45) is 0.879. The second kappa shape index (κ2) is 9.18. The maximum atomic E-state index is 12.7. The van der Waals surface area contributed by atoms with Crippen LogP contribution in [0, 0.1) is 5.92 Å². The summed E-state index contributed by atoms with van der Waals surface area (Å²) in [6.45, 7) is 5.84. The van der Waals surface area contributed by atoms with Crippen LogP contribution in [-0.4, -0.2) is 25.7 Å². The van der Waals surface area contributed by atoms with Crippen molar-refractivity contribution in [1.82, 2.24) is 5.32 Å². The van der Waals surface area contributed by atoms with Gasteiger partial charge in [0.2, 0.25) is 5.91 Å². The molecule has 1 amide bonds. The molecule has 1 atom stereocenters. The van der Waals surface area contributed by atoms with Gasteiger partial charge in [-0.05, 0) is 35.1 Å². The first-order valence-electron chi connectivity index (χ1n) is 10.5. The topological polar surface area (TPSA) is 59.6 Å². The molecule has 2 N–H and O–H groups in total. The van der Waals surface area contributed by atoms with Gasteiger partial charge in [-0.15, -0.1) is 0 Å². The quantitative estimate of drug-likeness (QED) is 0.612. The molecular formula is C25H28N2O3. The SMILES string of the molecule is CC(C)[C@@H](NCC(=O)Nc1cccc2ccccc12)c1ccc2c(c1)OCCCO2. The van der Waals surface area contributed by atoms with E-state index in [9.17, 15) is 4.79 Å². The van der Waals surface area contributed by atoms with Crippen molar-refractivity contribution >= 4 is 22.4 Å². The number of ether oxygens (including phenoxy) is 2. The number of hydrogen-bond acceptors (Lipinski definition) is 4. The Balaban J connectivity index is 1.45. The highest BCUT2D eigenvalue weighted by Crippen LogP contribution is 2.34. The molecule has 0 radical (unpaired) electrons. The number of rotatable bonds is 6. The Morgan fingerprint density at radius 3 is 2.57 bits per heavy atom. The predicted molar refractivity (Wildman–Crippen MR) is 120 cm³/mol. The summed E-state index contributed by atoms with van der Waals surface area (Å²) >= 11 is 0. The Morgan fingerprint density at radius 1 is 0.967 bits per heavy atom. The number of anilines is 1. The Bertz CT molecular complexity index is 1030. The van der Waals surface area contributed by atoms with Crippen molar-refractivity contribution < 1.29 is 14.3 Å². The van der Waals surface area contributed by atoms with E-state index in [1.807, 2.05) is 60.7 Å². The summed E-state index contributed by atoms with van der Waals surface area (Å²) in [7, 11) is 0. The molecule has 30 heavy (non-hydrogen) atoms. The van der Waals surface area contributed by atoms with Gasteiger partial charge in [0.15, 0.2) is 11.5 Å². The van der Waals surface area contributed by atoms with Gasteiger partial charge in [0.25, 0.3) is 0 Å². The highest BCUT2D eigenvalue weighted by molar-refractivity contribution is 6.02. The number of carbonyl (C=O) groups is 1. The van der Waals surface area contributed by atoms with Crippen LogP contribution in [0.5, 0.6) is 11.5 Å². The predicted octanol–water partition coefficient (Wildman–Crippen LogP) is 4.93. The molecule has 4 rings (SSSR count). The van der Waals surface area contributed by atoms with E-state index in [0.717, 1.165) is 39.9 Å². The molecule has 0 aromatic heterocycles. The molecule has 3 aromatic carbocycles. The van der Waals surface area contributed by atoms with Crippen molar-refractivity contribution in [3.05, 3.63) is 66.2 Å². The number of fused-ring (bicyclic) bond motifs is 2. The summed E-state index contributed by atoms with van der Waals surface area (Å²) in [6, 6.07) is 20.0.